The number of benzene rings is 2. The minimum absolute atomic E-state index is 0.552. The SMILES string of the molecule is Cc1ccnc2c(-c3cccc(OCc4ccccc4)c3)cnn12. The van der Waals surface area contributed by atoms with E-state index in [1.165, 1.54) is 0 Å². The first-order valence-electron chi connectivity index (χ1n) is 7.88. The predicted octanol–water partition coefficient (Wildman–Crippen LogP) is 4.28. The fourth-order valence-corrected chi connectivity index (χ4v) is 2.71. The van der Waals surface area contributed by atoms with E-state index in [0.29, 0.717) is 6.61 Å². The summed E-state index contributed by atoms with van der Waals surface area (Å²) in [5, 5.41) is 4.43. The fourth-order valence-electron chi connectivity index (χ4n) is 2.71. The van der Waals surface area contributed by atoms with Gasteiger partial charge in [0.05, 0.1) is 6.20 Å². The van der Waals surface area contributed by atoms with Crippen molar-refractivity contribution in [2.75, 3.05) is 0 Å². The number of rotatable bonds is 4. The summed E-state index contributed by atoms with van der Waals surface area (Å²) in [7, 11) is 0. The molecule has 0 amide bonds. The van der Waals surface area contributed by atoms with E-state index in [1.54, 1.807) is 0 Å². The van der Waals surface area contributed by atoms with E-state index < -0.39 is 0 Å². The van der Waals surface area contributed by atoms with Crippen LogP contribution in [-0.4, -0.2) is 14.6 Å². The predicted molar refractivity (Wildman–Crippen MR) is 93.9 cm³/mol. The van der Waals surface area contributed by atoms with Gasteiger partial charge in [0.2, 0.25) is 0 Å². The molecule has 0 aliphatic rings. The van der Waals surface area contributed by atoms with Gasteiger partial charge in [0, 0.05) is 17.5 Å². The van der Waals surface area contributed by atoms with Gasteiger partial charge >= 0.3 is 0 Å². The summed E-state index contributed by atoms with van der Waals surface area (Å²) in [4.78, 5) is 4.46. The Morgan fingerprint density at radius 2 is 1.88 bits per heavy atom. The molecule has 2 aromatic heterocycles. The normalized spacial score (nSPS) is 10.9. The minimum atomic E-state index is 0.552. The van der Waals surface area contributed by atoms with Crippen LogP contribution in [0.4, 0.5) is 0 Å². The van der Waals surface area contributed by atoms with Crippen molar-refractivity contribution in [3.05, 3.63) is 84.3 Å². The van der Waals surface area contributed by atoms with Crippen molar-refractivity contribution >= 4 is 5.65 Å². The van der Waals surface area contributed by atoms with Gasteiger partial charge in [-0.2, -0.15) is 5.10 Å². The van der Waals surface area contributed by atoms with Crippen LogP contribution in [0.3, 0.4) is 0 Å². The summed E-state index contributed by atoms with van der Waals surface area (Å²) >= 11 is 0. The summed E-state index contributed by atoms with van der Waals surface area (Å²) in [5.74, 6) is 0.836. The molecule has 0 aliphatic carbocycles. The molecule has 4 aromatic rings. The van der Waals surface area contributed by atoms with Crippen LogP contribution in [0.25, 0.3) is 16.8 Å². The lowest BCUT2D eigenvalue weighted by molar-refractivity contribution is 0.306. The average Bonchev–Trinajstić information content (AvgIpc) is 3.07. The van der Waals surface area contributed by atoms with Crippen molar-refractivity contribution in [2.45, 2.75) is 13.5 Å². The second-order valence-corrected chi connectivity index (χ2v) is 5.68. The molecule has 4 nitrogen and oxygen atoms in total. The van der Waals surface area contributed by atoms with E-state index in [1.807, 2.05) is 66.3 Å². The maximum atomic E-state index is 5.92. The molecule has 0 bridgehead atoms. The Labute approximate surface area is 140 Å². The van der Waals surface area contributed by atoms with Gasteiger partial charge in [0.1, 0.15) is 12.4 Å². The molecule has 2 aromatic carbocycles. The van der Waals surface area contributed by atoms with Gasteiger partial charge in [-0.3, -0.25) is 0 Å². The zero-order chi connectivity index (χ0) is 16.4. The van der Waals surface area contributed by atoms with Crippen LogP contribution >= 0.6 is 0 Å². The molecule has 0 atom stereocenters. The van der Waals surface area contributed by atoms with Crippen LogP contribution in [0.2, 0.25) is 0 Å². The third-order valence-corrected chi connectivity index (χ3v) is 3.98. The first-order valence-corrected chi connectivity index (χ1v) is 7.88. The molecule has 0 saturated carbocycles. The van der Waals surface area contributed by atoms with Gasteiger partial charge in [0.15, 0.2) is 5.65 Å². The number of ether oxygens (including phenoxy) is 1. The highest BCUT2D eigenvalue weighted by molar-refractivity contribution is 5.77. The van der Waals surface area contributed by atoms with Crippen molar-refractivity contribution in [2.24, 2.45) is 0 Å². The van der Waals surface area contributed by atoms with Gasteiger partial charge in [-0.15, -0.1) is 0 Å². The Morgan fingerprint density at radius 1 is 1.00 bits per heavy atom. The number of hydrogen-bond acceptors (Lipinski definition) is 3. The van der Waals surface area contributed by atoms with Crippen molar-refractivity contribution < 1.29 is 4.74 Å². The van der Waals surface area contributed by atoms with E-state index in [4.69, 9.17) is 4.74 Å². The highest BCUT2D eigenvalue weighted by Crippen LogP contribution is 2.27. The Morgan fingerprint density at radius 3 is 2.75 bits per heavy atom. The number of aromatic nitrogens is 3. The molecule has 4 heteroatoms. The molecular weight excluding hydrogens is 298 g/mol. The topological polar surface area (TPSA) is 39.4 Å². The largest absolute Gasteiger partial charge is 0.489 e. The fraction of sp³-hybridized carbons (Fsp3) is 0.100. The quantitative estimate of drug-likeness (QED) is 0.564. The minimum Gasteiger partial charge on any atom is -0.489 e. The number of fused-ring (bicyclic) bond motifs is 1. The lowest BCUT2D eigenvalue weighted by atomic mass is 10.1. The van der Waals surface area contributed by atoms with Crippen LogP contribution in [-0.2, 0) is 6.61 Å². The lowest BCUT2D eigenvalue weighted by Crippen LogP contribution is -1.95. The molecule has 118 valence electrons. The van der Waals surface area contributed by atoms with Crippen molar-refractivity contribution in [3.8, 4) is 16.9 Å². The summed E-state index contributed by atoms with van der Waals surface area (Å²) in [5.41, 5.74) is 5.12. The lowest BCUT2D eigenvalue weighted by Gasteiger charge is -2.08. The number of hydrogen-bond donors (Lipinski definition) is 0. The molecule has 4 rings (SSSR count). The van der Waals surface area contributed by atoms with E-state index in [9.17, 15) is 0 Å². The van der Waals surface area contributed by atoms with Crippen LogP contribution < -0.4 is 4.74 Å². The third-order valence-electron chi connectivity index (χ3n) is 3.98. The number of nitrogens with zero attached hydrogens (tertiary/aromatic N) is 3. The van der Waals surface area contributed by atoms with E-state index in [-0.39, 0.29) is 0 Å². The molecule has 0 aliphatic heterocycles. The molecule has 24 heavy (non-hydrogen) atoms. The third kappa shape index (κ3) is 2.74. The summed E-state index contributed by atoms with van der Waals surface area (Å²) in [6, 6.07) is 20.1. The highest BCUT2D eigenvalue weighted by atomic mass is 16.5. The van der Waals surface area contributed by atoms with Crippen LogP contribution in [0.1, 0.15) is 11.3 Å². The molecule has 0 fully saturated rings. The Hall–Kier alpha value is -3.14. The Kier molecular flexibility index (Phi) is 3.71. The van der Waals surface area contributed by atoms with Gasteiger partial charge < -0.3 is 4.74 Å². The Bertz CT molecular complexity index is 977. The second-order valence-electron chi connectivity index (χ2n) is 5.68. The van der Waals surface area contributed by atoms with Crippen LogP contribution in [0.5, 0.6) is 5.75 Å². The zero-order valence-electron chi connectivity index (χ0n) is 13.4. The monoisotopic (exact) mass is 315 g/mol. The zero-order valence-corrected chi connectivity index (χ0v) is 13.4. The Balaban J connectivity index is 1.63. The summed E-state index contributed by atoms with van der Waals surface area (Å²) < 4.78 is 7.77. The van der Waals surface area contributed by atoms with Crippen LogP contribution in [0, 0.1) is 6.92 Å². The molecular formula is C20H17N3O. The molecule has 0 spiro atoms. The van der Waals surface area contributed by atoms with Gasteiger partial charge in [-0.05, 0) is 36.2 Å². The number of aryl methyl sites for hydroxylation is 1. The molecule has 0 N–H and O–H groups in total. The molecule has 0 saturated heterocycles. The molecule has 0 unspecified atom stereocenters. The van der Waals surface area contributed by atoms with E-state index in [0.717, 1.165) is 33.8 Å². The van der Waals surface area contributed by atoms with E-state index in [2.05, 4.69) is 28.3 Å². The first kappa shape index (κ1) is 14.5. The highest BCUT2D eigenvalue weighted by Gasteiger charge is 2.09. The molecule has 0 radical (unpaired) electrons. The maximum absolute atomic E-state index is 5.92. The van der Waals surface area contributed by atoms with Gasteiger partial charge in [-0.1, -0.05) is 42.5 Å². The summed E-state index contributed by atoms with van der Waals surface area (Å²) in [6.07, 6.45) is 3.66. The van der Waals surface area contributed by atoms with Gasteiger partial charge in [-0.25, -0.2) is 9.50 Å². The molecule has 2 heterocycles. The van der Waals surface area contributed by atoms with E-state index >= 15 is 0 Å². The smallest absolute Gasteiger partial charge is 0.163 e. The first-order chi connectivity index (χ1) is 11.8. The van der Waals surface area contributed by atoms with Crippen molar-refractivity contribution in [1.82, 2.24) is 14.6 Å². The average molecular weight is 315 g/mol. The van der Waals surface area contributed by atoms with Crippen molar-refractivity contribution in [3.63, 3.8) is 0 Å². The van der Waals surface area contributed by atoms with Crippen LogP contribution in [0.15, 0.2) is 73.1 Å². The second kappa shape index (κ2) is 6.16. The summed E-state index contributed by atoms with van der Waals surface area (Å²) in [6.45, 7) is 2.57. The standard InChI is InChI=1S/C20H17N3O/c1-15-10-11-21-20-19(13-22-23(15)20)17-8-5-9-18(12-17)24-14-16-6-3-2-4-7-16/h2-13H,14H2,1H3. The van der Waals surface area contributed by atoms with Gasteiger partial charge in [0.25, 0.3) is 0 Å². The maximum Gasteiger partial charge on any atom is 0.163 e. The van der Waals surface area contributed by atoms with Crippen molar-refractivity contribution in [1.29, 1.82) is 0 Å².